The topological polar surface area (TPSA) is 55.6 Å². The molecule has 20 heavy (non-hydrogen) atoms. The predicted molar refractivity (Wildman–Crippen MR) is 75.3 cm³/mol. The molecule has 4 nitrogen and oxygen atoms in total. The van der Waals surface area contributed by atoms with Crippen LogP contribution in [0.25, 0.3) is 0 Å². The largest absolute Gasteiger partial charge is 0.455 e. The van der Waals surface area contributed by atoms with E-state index in [1.165, 1.54) is 29.2 Å². The molecule has 0 atom stereocenters. The number of nitrogen functional groups attached to an aromatic ring is 1. The van der Waals surface area contributed by atoms with Gasteiger partial charge in [0.25, 0.3) is 5.91 Å². The van der Waals surface area contributed by atoms with Crippen molar-refractivity contribution in [1.29, 1.82) is 0 Å². The molecule has 0 aliphatic carbocycles. The molecule has 0 aliphatic heterocycles. The highest BCUT2D eigenvalue weighted by atomic mass is 19.1. The summed E-state index contributed by atoms with van der Waals surface area (Å²) >= 11 is 0. The van der Waals surface area contributed by atoms with Crippen molar-refractivity contribution in [3.63, 3.8) is 0 Å². The number of carbonyl (C=O) groups excluding carboxylic acids is 1. The van der Waals surface area contributed by atoms with Crippen molar-refractivity contribution < 1.29 is 13.9 Å². The Balaban J connectivity index is 2.29. The Morgan fingerprint density at radius 3 is 2.40 bits per heavy atom. The summed E-state index contributed by atoms with van der Waals surface area (Å²) in [7, 11) is 3.33. The van der Waals surface area contributed by atoms with Crippen LogP contribution in [0, 0.1) is 5.82 Å². The maximum Gasteiger partial charge on any atom is 0.253 e. The number of benzene rings is 2. The third-order valence-electron chi connectivity index (χ3n) is 2.71. The van der Waals surface area contributed by atoms with Crippen molar-refractivity contribution in [3.8, 4) is 11.5 Å². The first kappa shape index (κ1) is 13.9. The van der Waals surface area contributed by atoms with Gasteiger partial charge < -0.3 is 15.4 Å². The average molecular weight is 274 g/mol. The smallest absolute Gasteiger partial charge is 0.253 e. The van der Waals surface area contributed by atoms with E-state index in [9.17, 15) is 9.18 Å². The maximum absolute atomic E-state index is 12.8. The number of halogens is 1. The van der Waals surface area contributed by atoms with Crippen molar-refractivity contribution in [3.05, 3.63) is 53.8 Å². The van der Waals surface area contributed by atoms with Crippen molar-refractivity contribution in [2.45, 2.75) is 0 Å². The molecule has 5 heteroatoms. The number of ether oxygens (including phenoxy) is 1. The molecular formula is C15H15FN2O2. The highest BCUT2D eigenvalue weighted by Gasteiger charge is 2.11. The van der Waals surface area contributed by atoms with Crippen LogP contribution in [0.1, 0.15) is 10.4 Å². The second-order valence-electron chi connectivity index (χ2n) is 4.51. The van der Waals surface area contributed by atoms with Crippen molar-refractivity contribution in [2.24, 2.45) is 0 Å². The molecule has 2 aromatic rings. The Morgan fingerprint density at radius 1 is 1.15 bits per heavy atom. The van der Waals surface area contributed by atoms with Gasteiger partial charge in [-0.05, 0) is 42.5 Å². The molecular weight excluding hydrogens is 259 g/mol. The SMILES string of the molecule is CN(C)C(=O)c1ccc(N)c(Oc2ccc(F)cc2)c1. The van der Waals surface area contributed by atoms with Gasteiger partial charge in [0.2, 0.25) is 0 Å². The van der Waals surface area contributed by atoms with E-state index in [0.29, 0.717) is 22.7 Å². The lowest BCUT2D eigenvalue weighted by molar-refractivity contribution is 0.0827. The summed E-state index contributed by atoms with van der Waals surface area (Å²) < 4.78 is 18.4. The van der Waals surface area contributed by atoms with Crippen LogP contribution in [0.5, 0.6) is 11.5 Å². The van der Waals surface area contributed by atoms with Crippen LogP contribution in [-0.2, 0) is 0 Å². The summed E-state index contributed by atoms with van der Waals surface area (Å²) in [5.41, 5.74) is 6.70. The molecule has 0 aromatic heterocycles. The molecule has 2 aromatic carbocycles. The molecule has 0 spiro atoms. The number of anilines is 1. The fourth-order valence-corrected chi connectivity index (χ4v) is 1.64. The van der Waals surface area contributed by atoms with Crippen LogP contribution in [-0.4, -0.2) is 24.9 Å². The van der Waals surface area contributed by atoms with E-state index in [0.717, 1.165) is 0 Å². The fraction of sp³-hybridized carbons (Fsp3) is 0.133. The van der Waals surface area contributed by atoms with Crippen LogP contribution in [0.4, 0.5) is 10.1 Å². The average Bonchev–Trinajstić information content (AvgIpc) is 2.43. The van der Waals surface area contributed by atoms with E-state index in [1.807, 2.05) is 0 Å². The minimum atomic E-state index is -0.346. The molecule has 1 amide bonds. The molecule has 2 rings (SSSR count). The van der Waals surface area contributed by atoms with E-state index in [-0.39, 0.29) is 11.7 Å². The number of carbonyl (C=O) groups is 1. The zero-order valence-corrected chi connectivity index (χ0v) is 11.3. The fourth-order valence-electron chi connectivity index (χ4n) is 1.64. The van der Waals surface area contributed by atoms with Gasteiger partial charge >= 0.3 is 0 Å². The minimum absolute atomic E-state index is 0.144. The Morgan fingerprint density at radius 2 is 1.80 bits per heavy atom. The lowest BCUT2D eigenvalue weighted by Crippen LogP contribution is -2.21. The summed E-state index contributed by atoms with van der Waals surface area (Å²) in [5, 5.41) is 0. The standard InChI is InChI=1S/C15H15FN2O2/c1-18(2)15(19)10-3-8-13(17)14(9-10)20-12-6-4-11(16)5-7-12/h3-9H,17H2,1-2H3. The van der Waals surface area contributed by atoms with Gasteiger partial charge in [0, 0.05) is 19.7 Å². The predicted octanol–water partition coefficient (Wildman–Crippen LogP) is 2.90. The first-order chi connectivity index (χ1) is 9.47. The first-order valence-electron chi connectivity index (χ1n) is 6.02. The minimum Gasteiger partial charge on any atom is -0.455 e. The van der Waals surface area contributed by atoms with Crippen LogP contribution < -0.4 is 10.5 Å². The molecule has 0 saturated carbocycles. The van der Waals surface area contributed by atoms with Gasteiger partial charge in [0.15, 0.2) is 5.75 Å². The van der Waals surface area contributed by atoms with Gasteiger partial charge in [-0.3, -0.25) is 4.79 Å². The van der Waals surface area contributed by atoms with Crippen molar-refractivity contribution >= 4 is 11.6 Å². The molecule has 0 aliphatic rings. The Hall–Kier alpha value is -2.56. The third kappa shape index (κ3) is 3.06. The summed E-state index contributed by atoms with van der Waals surface area (Å²) in [6.07, 6.45) is 0. The second-order valence-corrected chi connectivity index (χ2v) is 4.51. The zero-order chi connectivity index (χ0) is 14.7. The lowest BCUT2D eigenvalue weighted by atomic mass is 10.1. The van der Waals surface area contributed by atoms with Crippen LogP contribution in [0.15, 0.2) is 42.5 Å². The van der Waals surface area contributed by atoms with Crippen LogP contribution >= 0.6 is 0 Å². The molecule has 104 valence electrons. The van der Waals surface area contributed by atoms with Gasteiger partial charge in [0.05, 0.1) is 5.69 Å². The van der Waals surface area contributed by atoms with Gasteiger partial charge in [-0.1, -0.05) is 0 Å². The Kier molecular flexibility index (Phi) is 3.89. The Labute approximate surface area is 116 Å². The maximum atomic E-state index is 12.8. The number of amides is 1. The number of nitrogens with zero attached hydrogens (tertiary/aromatic N) is 1. The lowest BCUT2D eigenvalue weighted by Gasteiger charge is -2.13. The second kappa shape index (κ2) is 5.61. The quantitative estimate of drug-likeness (QED) is 0.875. The summed E-state index contributed by atoms with van der Waals surface area (Å²) in [5.74, 6) is 0.327. The third-order valence-corrected chi connectivity index (χ3v) is 2.71. The van der Waals surface area contributed by atoms with Gasteiger partial charge in [-0.15, -0.1) is 0 Å². The van der Waals surface area contributed by atoms with Crippen molar-refractivity contribution in [1.82, 2.24) is 4.90 Å². The summed E-state index contributed by atoms with van der Waals surface area (Å²) in [6.45, 7) is 0. The number of nitrogens with two attached hydrogens (primary N) is 1. The van der Waals surface area contributed by atoms with Gasteiger partial charge in [0.1, 0.15) is 11.6 Å². The van der Waals surface area contributed by atoms with Gasteiger partial charge in [-0.2, -0.15) is 0 Å². The number of rotatable bonds is 3. The molecule has 0 fully saturated rings. The normalized spacial score (nSPS) is 10.2. The summed E-state index contributed by atoms with van der Waals surface area (Å²) in [6, 6.07) is 10.4. The Bertz CT molecular complexity index is 624. The number of hydrogen-bond acceptors (Lipinski definition) is 3. The zero-order valence-electron chi connectivity index (χ0n) is 11.3. The van der Waals surface area contributed by atoms with Crippen LogP contribution in [0.2, 0.25) is 0 Å². The molecule has 0 radical (unpaired) electrons. The van der Waals surface area contributed by atoms with E-state index in [4.69, 9.17) is 10.5 Å². The monoisotopic (exact) mass is 274 g/mol. The number of hydrogen-bond donors (Lipinski definition) is 1. The first-order valence-corrected chi connectivity index (χ1v) is 6.02. The van der Waals surface area contributed by atoms with E-state index < -0.39 is 0 Å². The van der Waals surface area contributed by atoms with Gasteiger partial charge in [-0.25, -0.2) is 4.39 Å². The molecule has 0 bridgehead atoms. The molecule has 0 saturated heterocycles. The van der Waals surface area contributed by atoms with E-state index in [2.05, 4.69) is 0 Å². The van der Waals surface area contributed by atoms with Crippen molar-refractivity contribution in [2.75, 3.05) is 19.8 Å². The molecule has 0 heterocycles. The highest BCUT2D eigenvalue weighted by molar-refractivity contribution is 5.94. The van der Waals surface area contributed by atoms with E-state index in [1.54, 1.807) is 32.3 Å². The van der Waals surface area contributed by atoms with E-state index >= 15 is 0 Å². The highest BCUT2D eigenvalue weighted by Crippen LogP contribution is 2.28. The molecule has 2 N–H and O–H groups in total. The van der Waals surface area contributed by atoms with Crippen LogP contribution in [0.3, 0.4) is 0 Å². The summed E-state index contributed by atoms with van der Waals surface area (Å²) in [4.78, 5) is 13.4. The molecule has 0 unspecified atom stereocenters.